The van der Waals surface area contributed by atoms with Gasteiger partial charge < -0.3 is 10.6 Å². The van der Waals surface area contributed by atoms with Gasteiger partial charge in [0.15, 0.2) is 0 Å². The number of anilines is 1. The highest BCUT2D eigenvalue weighted by Gasteiger charge is 2.44. The predicted octanol–water partition coefficient (Wildman–Crippen LogP) is 2.96. The summed E-state index contributed by atoms with van der Waals surface area (Å²) < 4.78 is 0. The van der Waals surface area contributed by atoms with E-state index >= 15 is 0 Å². The standard InChI is InChI=1S/C16H24N2/c1-13-6-7-14-4-2-3-5-15(14)18(13)12-16(8-9-16)10-11-17/h2-5,13H,6-12,17H2,1H3. The van der Waals surface area contributed by atoms with Crippen LogP contribution in [0.1, 0.15) is 38.2 Å². The summed E-state index contributed by atoms with van der Waals surface area (Å²) >= 11 is 0. The van der Waals surface area contributed by atoms with Crippen LogP contribution in [0.4, 0.5) is 5.69 Å². The van der Waals surface area contributed by atoms with Crippen molar-refractivity contribution in [3.8, 4) is 0 Å². The van der Waals surface area contributed by atoms with Crippen LogP contribution in [0.5, 0.6) is 0 Å². The van der Waals surface area contributed by atoms with Crippen LogP contribution in [0.3, 0.4) is 0 Å². The monoisotopic (exact) mass is 244 g/mol. The molecule has 0 saturated heterocycles. The van der Waals surface area contributed by atoms with Crippen molar-refractivity contribution in [3.05, 3.63) is 29.8 Å². The molecular formula is C16H24N2. The number of aryl methyl sites for hydroxylation is 1. The zero-order valence-corrected chi connectivity index (χ0v) is 11.4. The fourth-order valence-corrected chi connectivity index (χ4v) is 3.33. The molecule has 1 aromatic rings. The highest BCUT2D eigenvalue weighted by Crippen LogP contribution is 2.50. The van der Waals surface area contributed by atoms with Crippen LogP contribution in [-0.4, -0.2) is 19.1 Å². The SMILES string of the molecule is CC1CCc2ccccc2N1CC1(CCN)CC1. The molecule has 0 amide bonds. The van der Waals surface area contributed by atoms with Crippen LogP contribution in [0, 0.1) is 5.41 Å². The highest BCUT2D eigenvalue weighted by atomic mass is 15.2. The molecule has 1 atom stereocenters. The van der Waals surface area contributed by atoms with E-state index in [9.17, 15) is 0 Å². The lowest BCUT2D eigenvalue weighted by Crippen LogP contribution is -2.41. The van der Waals surface area contributed by atoms with Gasteiger partial charge in [0, 0.05) is 18.3 Å². The maximum atomic E-state index is 5.77. The molecule has 3 rings (SSSR count). The van der Waals surface area contributed by atoms with Gasteiger partial charge in [0.05, 0.1) is 0 Å². The smallest absolute Gasteiger partial charge is 0.0401 e. The van der Waals surface area contributed by atoms with Crippen LogP contribution in [0.25, 0.3) is 0 Å². The summed E-state index contributed by atoms with van der Waals surface area (Å²) in [6.07, 6.45) is 6.46. The summed E-state index contributed by atoms with van der Waals surface area (Å²) in [6, 6.07) is 9.60. The Bertz CT molecular complexity index is 423. The van der Waals surface area contributed by atoms with Crippen molar-refractivity contribution in [1.29, 1.82) is 0 Å². The topological polar surface area (TPSA) is 29.3 Å². The van der Waals surface area contributed by atoms with Gasteiger partial charge in [0.1, 0.15) is 0 Å². The molecule has 2 nitrogen and oxygen atoms in total. The van der Waals surface area contributed by atoms with Gasteiger partial charge in [-0.2, -0.15) is 0 Å². The third-order valence-electron chi connectivity index (χ3n) is 4.80. The van der Waals surface area contributed by atoms with Crippen LogP contribution < -0.4 is 10.6 Å². The highest BCUT2D eigenvalue weighted by molar-refractivity contribution is 5.56. The van der Waals surface area contributed by atoms with Crippen LogP contribution in [-0.2, 0) is 6.42 Å². The molecule has 2 N–H and O–H groups in total. The van der Waals surface area contributed by atoms with E-state index < -0.39 is 0 Å². The molecule has 1 heterocycles. The summed E-state index contributed by atoms with van der Waals surface area (Å²) in [5, 5.41) is 0. The molecular weight excluding hydrogens is 220 g/mol. The maximum absolute atomic E-state index is 5.77. The van der Waals surface area contributed by atoms with Crippen molar-refractivity contribution >= 4 is 5.69 Å². The van der Waals surface area contributed by atoms with Crippen LogP contribution >= 0.6 is 0 Å². The largest absolute Gasteiger partial charge is 0.368 e. The van der Waals surface area contributed by atoms with E-state index in [0.29, 0.717) is 11.5 Å². The van der Waals surface area contributed by atoms with Crippen molar-refractivity contribution in [2.45, 2.75) is 45.1 Å². The van der Waals surface area contributed by atoms with Crippen molar-refractivity contribution in [3.63, 3.8) is 0 Å². The predicted molar refractivity (Wildman–Crippen MR) is 76.9 cm³/mol. The number of nitrogens with two attached hydrogens (primary N) is 1. The third-order valence-corrected chi connectivity index (χ3v) is 4.80. The number of nitrogens with zero attached hydrogens (tertiary/aromatic N) is 1. The molecule has 98 valence electrons. The Morgan fingerprint density at radius 1 is 1.33 bits per heavy atom. The maximum Gasteiger partial charge on any atom is 0.0401 e. The average molecular weight is 244 g/mol. The van der Waals surface area contributed by atoms with Crippen molar-refractivity contribution in [2.75, 3.05) is 18.0 Å². The van der Waals surface area contributed by atoms with E-state index in [1.54, 1.807) is 0 Å². The lowest BCUT2D eigenvalue weighted by molar-refractivity contribution is 0.429. The molecule has 1 aliphatic carbocycles. The van der Waals surface area contributed by atoms with E-state index in [-0.39, 0.29) is 0 Å². The lowest BCUT2D eigenvalue weighted by atomic mass is 9.93. The van der Waals surface area contributed by atoms with Crippen LogP contribution in [0.15, 0.2) is 24.3 Å². The van der Waals surface area contributed by atoms with Crippen LogP contribution in [0.2, 0.25) is 0 Å². The van der Waals surface area contributed by atoms with Gasteiger partial charge in [-0.15, -0.1) is 0 Å². The molecule has 1 saturated carbocycles. The number of fused-ring (bicyclic) bond motifs is 1. The molecule has 0 aromatic heterocycles. The molecule has 1 aromatic carbocycles. The normalized spacial score (nSPS) is 24.8. The van der Waals surface area contributed by atoms with Gasteiger partial charge in [-0.3, -0.25) is 0 Å². The molecule has 1 fully saturated rings. The van der Waals surface area contributed by atoms with Gasteiger partial charge >= 0.3 is 0 Å². The Hall–Kier alpha value is -1.02. The number of para-hydroxylation sites is 1. The Morgan fingerprint density at radius 3 is 2.83 bits per heavy atom. The van der Waals surface area contributed by atoms with Gasteiger partial charge in [0.25, 0.3) is 0 Å². The number of rotatable bonds is 4. The third kappa shape index (κ3) is 2.14. The number of hydrogen-bond acceptors (Lipinski definition) is 2. The Balaban J connectivity index is 1.82. The molecule has 0 bridgehead atoms. The number of benzene rings is 1. The summed E-state index contributed by atoms with van der Waals surface area (Å²) in [4.78, 5) is 2.64. The minimum atomic E-state index is 0.535. The molecule has 0 radical (unpaired) electrons. The fourth-order valence-electron chi connectivity index (χ4n) is 3.33. The second kappa shape index (κ2) is 4.58. The Kier molecular flexibility index (Phi) is 3.06. The van der Waals surface area contributed by atoms with Crippen molar-refractivity contribution in [2.24, 2.45) is 11.1 Å². The average Bonchev–Trinajstić information content (AvgIpc) is 3.14. The lowest BCUT2D eigenvalue weighted by Gasteiger charge is -2.39. The first kappa shape index (κ1) is 12.0. The first-order chi connectivity index (χ1) is 8.74. The van der Waals surface area contributed by atoms with Crippen molar-refractivity contribution < 1.29 is 0 Å². The molecule has 1 unspecified atom stereocenters. The first-order valence-corrected chi connectivity index (χ1v) is 7.29. The van der Waals surface area contributed by atoms with Gasteiger partial charge in [0.2, 0.25) is 0 Å². The van der Waals surface area contributed by atoms with Gasteiger partial charge in [-0.1, -0.05) is 18.2 Å². The molecule has 1 aliphatic heterocycles. The van der Waals surface area contributed by atoms with E-state index in [1.807, 2.05) is 0 Å². The second-order valence-electron chi connectivity index (χ2n) is 6.18. The fraction of sp³-hybridized carbons (Fsp3) is 0.625. The second-order valence-corrected chi connectivity index (χ2v) is 6.18. The van der Waals surface area contributed by atoms with E-state index in [4.69, 9.17) is 5.73 Å². The molecule has 0 spiro atoms. The zero-order chi connectivity index (χ0) is 12.6. The summed E-state index contributed by atoms with van der Waals surface area (Å²) in [6.45, 7) is 4.42. The Morgan fingerprint density at radius 2 is 2.11 bits per heavy atom. The Labute approximate surface area is 110 Å². The minimum Gasteiger partial charge on any atom is -0.368 e. The quantitative estimate of drug-likeness (QED) is 0.882. The number of hydrogen-bond donors (Lipinski definition) is 1. The summed E-state index contributed by atoms with van der Waals surface area (Å²) in [7, 11) is 0. The molecule has 18 heavy (non-hydrogen) atoms. The zero-order valence-electron chi connectivity index (χ0n) is 11.4. The molecule has 2 aliphatic rings. The minimum absolute atomic E-state index is 0.535. The van der Waals surface area contributed by atoms with E-state index in [2.05, 4.69) is 36.1 Å². The summed E-state index contributed by atoms with van der Waals surface area (Å²) in [5.74, 6) is 0. The van der Waals surface area contributed by atoms with Gasteiger partial charge in [-0.25, -0.2) is 0 Å². The van der Waals surface area contributed by atoms with E-state index in [1.165, 1.54) is 49.9 Å². The first-order valence-electron chi connectivity index (χ1n) is 7.29. The molecule has 2 heteroatoms. The summed E-state index contributed by atoms with van der Waals surface area (Å²) in [5.41, 5.74) is 9.30. The van der Waals surface area contributed by atoms with Gasteiger partial charge in [-0.05, 0) is 62.6 Å². The van der Waals surface area contributed by atoms with Crippen molar-refractivity contribution in [1.82, 2.24) is 0 Å². The van der Waals surface area contributed by atoms with E-state index in [0.717, 1.165) is 6.54 Å².